The number of para-hydroxylation sites is 1. The van der Waals surface area contributed by atoms with Gasteiger partial charge in [0.2, 0.25) is 10.0 Å². The molecule has 0 aliphatic rings. The van der Waals surface area contributed by atoms with Crippen LogP contribution in [0.25, 0.3) is 0 Å². The monoisotopic (exact) mass is 374 g/mol. The van der Waals surface area contributed by atoms with Gasteiger partial charge in [0, 0.05) is 12.1 Å². The second-order valence-corrected chi connectivity index (χ2v) is 8.28. The molecular weight excluding hydrogens is 348 g/mol. The van der Waals surface area contributed by atoms with Crippen LogP contribution in [-0.2, 0) is 16.4 Å². The van der Waals surface area contributed by atoms with Crippen molar-refractivity contribution < 1.29 is 13.2 Å². The first kappa shape index (κ1) is 20.0. The first-order chi connectivity index (χ1) is 12.2. The second kappa shape index (κ2) is 8.36. The first-order valence-corrected chi connectivity index (χ1v) is 10.5. The minimum Gasteiger partial charge on any atom is -0.350 e. The van der Waals surface area contributed by atoms with Gasteiger partial charge >= 0.3 is 0 Å². The van der Waals surface area contributed by atoms with Crippen molar-refractivity contribution in [2.75, 3.05) is 23.7 Å². The fourth-order valence-corrected chi connectivity index (χ4v) is 3.73. The third-order valence-electron chi connectivity index (χ3n) is 4.41. The molecule has 1 amide bonds. The predicted molar refractivity (Wildman–Crippen MR) is 106 cm³/mol. The summed E-state index contributed by atoms with van der Waals surface area (Å²) in [5.41, 5.74) is 4.37. The van der Waals surface area contributed by atoms with Gasteiger partial charge in [0.05, 0.1) is 18.5 Å². The summed E-state index contributed by atoms with van der Waals surface area (Å²) < 4.78 is 25.8. The van der Waals surface area contributed by atoms with Crippen LogP contribution in [0.2, 0.25) is 0 Å². The SMILES string of the molecule is CCc1ccccc1N(CCNC(=O)c1ccc(C)c(C)c1)S(C)(=O)=O. The van der Waals surface area contributed by atoms with E-state index in [9.17, 15) is 13.2 Å². The number of anilines is 1. The molecule has 0 saturated heterocycles. The minimum absolute atomic E-state index is 0.187. The molecule has 2 rings (SSSR count). The highest BCUT2D eigenvalue weighted by Gasteiger charge is 2.19. The van der Waals surface area contributed by atoms with Gasteiger partial charge in [0.1, 0.15) is 0 Å². The molecule has 26 heavy (non-hydrogen) atoms. The van der Waals surface area contributed by atoms with Gasteiger partial charge in [-0.3, -0.25) is 9.10 Å². The molecule has 6 heteroatoms. The number of rotatable bonds is 7. The third kappa shape index (κ3) is 4.85. The number of hydrogen-bond acceptors (Lipinski definition) is 3. The molecular formula is C20H26N2O3S. The predicted octanol–water partition coefficient (Wildman–Crippen LogP) is 3.06. The van der Waals surface area contributed by atoms with Crippen LogP contribution in [0.5, 0.6) is 0 Å². The zero-order valence-corrected chi connectivity index (χ0v) is 16.6. The summed E-state index contributed by atoms with van der Waals surface area (Å²) in [7, 11) is -3.44. The van der Waals surface area contributed by atoms with E-state index < -0.39 is 10.0 Å². The quantitative estimate of drug-likeness (QED) is 0.810. The highest BCUT2D eigenvalue weighted by atomic mass is 32.2. The Bertz CT molecular complexity index is 892. The molecule has 0 spiro atoms. The lowest BCUT2D eigenvalue weighted by molar-refractivity contribution is 0.0954. The van der Waals surface area contributed by atoms with Gasteiger partial charge in [-0.05, 0) is 55.2 Å². The molecule has 0 aliphatic heterocycles. The van der Waals surface area contributed by atoms with E-state index in [1.165, 1.54) is 10.6 Å². The Morgan fingerprint density at radius 1 is 1.08 bits per heavy atom. The molecule has 140 valence electrons. The summed E-state index contributed by atoms with van der Waals surface area (Å²) in [6.07, 6.45) is 1.92. The molecule has 0 saturated carbocycles. The number of aryl methyl sites for hydroxylation is 3. The number of nitrogens with zero attached hydrogens (tertiary/aromatic N) is 1. The molecule has 0 aliphatic carbocycles. The molecule has 2 aromatic rings. The number of carbonyl (C=O) groups is 1. The van der Waals surface area contributed by atoms with Crippen LogP contribution in [0.1, 0.15) is 34.0 Å². The maximum absolute atomic E-state index is 12.3. The van der Waals surface area contributed by atoms with E-state index in [2.05, 4.69) is 5.32 Å². The number of carbonyl (C=O) groups excluding carboxylic acids is 1. The Labute approximate surface area is 156 Å². The summed E-state index contributed by atoms with van der Waals surface area (Å²) in [5.74, 6) is -0.203. The van der Waals surface area contributed by atoms with Crippen LogP contribution in [0.3, 0.4) is 0 Å². The van der Waals surface area contributed by atoms with Crippen molar-refractivity contribution in [2.45, 2.75) is 27.2 Å². The van der Waals surface area contributed by atoms with Crippen molar-refractivity contribution in [2.24, 2.45) is 0 Å². The maximum Gasteiger partial charge on any atom is 0.251 e. The van der Waals surface area contributed by atoms with Gasteiger partial charge in [0.25, 0.3) is 5.91 Å². The molecule has 5 nitrogen and oxygen atoms in total. The van der Waals surface area contributed by atoms with Crippen molar-refractivity contribution in [1.29, 1.82) is 0 Å². The highest BCUT2D eigenvalue weighted by Crippen LogP contribution is 2.23. The molecule has 0 radical (unpaired) electrons. The number of amides is 1. The van der Waals surface area contributed by atoms with Gasteiger partial charge in [-0.15, -0.1) is 0 Å². The van der Waals surface area contributed by atoms with Gasteiger partial charge in [0.15, 0.2) is 0 Å². The Hall–Kier alpha value is -2.34. The number of benzene rings is 2. The first-order valence-electron chi connectivity index (χ1n) is 8.65. The lowest BCUT2D eigenvalue weighted by atomic mass is 10.1. The smallest absolute Gasteiger partial charge is 0.251 e. The number of sulfonamides is 1. The molecule has 0 bridgehead atoms. The van der Waals surface area contributed by atoms with E-state index in [1.807, 2.05) is 51.1 Å². The zero-order chi connectivity index (χ0) is 19.3. The van der Waals surface area contributed by atoms with Crippen LogP contribution >= 0.6 is 0 Å². The van der Waals surface area contributed by atoms with E-state index in [-0.39, 0.29) is 19.0 Å². The molecule has 1 N–H and O–H groups in total. The Kier molecular flexibility index (Phi) is 6.42. The number of hydrogen-bond donors (Lipinski definition) is 1. The average Bonchev–Trinajstić information content (AvgIpc) is 2.59. The van der Waals surface area contributed by atoms with Gasteiger partial charge in [-0.1, -0.05) is 31.2 Å². The third-order valence-corrected chi connectivity index (χ3v) is 5.59. The van der Waals surface area contributed by atoms with E-state index in [0.717, 1.165) is 23.1 Å². The summed E-state index contributed by atoms with van der Waals surface area (Å²) in [6.45, 7) is 6.36. The summed E-state index contributed by atoms with van der Waals surface area (Å²) in [4.78, 5) is 12.3. The van der Waals surface area contributed by atoms with Crippen molar-refractivity contribution in [3.63, 3.8) is 0 Å². The molecule has 2 aromatic carbocycles. The van der Waals surface area contributed by atoms with Gasteiger partial charge < -0.3 is 5.32 Å². The Morgan fingerprint density at radius 2 is 1.77 bits per heavy atom. The van der Waals surface area contributed by atoms with Crippen LogP contribution in [0, 0.1) is 13.8 Å². The summed E-state index contributed by atoms with van der Waals surface area (Å²) in [5, 5.41) is 2.81. The molecule has 0 heterocycles. The molecule has 0 atom stereocenters. The van der Waals surface area contributed by atoms with Crippen molar-refractivity contribution in [1.82, 2.24) is 5.32 Å². The van der Waals surface area contributed by atoms with Crippen molar-refractivity contribution in [3.8, 4) is 0 Å². The van der Waals surface area contributed by atoms with Crippen molar-refractivity contribution >= 4 is 21.6 Å². The van der Waals surface area contributed by atoms with Gasteiger partial charge in [-0.25, -0.2) is 8.42 Å². The zero-order valence-electron chi connectivity index (χ0n) is 15.7. The maximum atomic E-state index is 12.3. The van der Waals surface area contributed by atoms with Crippen LogP contribution < -0.4 is 9.62 Å². The average molecular weight is 375 g/mol. The standard InChI is InChI=1S/C20H26N2O3S/c1-5-17-8-6-7-9-19(17)22(26(4,24)25)13-12-21-20(23)18-11-10-15(2)16(3)14-18/h6-11,14H,5,12-13H2,1-4H3,(H,21,23). The topological polar surface area (TPSA) is 66.5 Å². The lowest BCUT2D eigenvalue weighted by Crippen LogP contribution is -2.38. The second-order valence-electron chi connectivity index (χ2n) is 6.37. The Morgan fingerprint density at radius 3 is 2.38 bits per heavy atom. The highest BCUT2D eigenvalue weighted by molar-refractivity contribution is 7.92. The summed E-state index contributed by atoms with van der Waals surface area (Å²) in [6, 6.07) is 12.9. The molecule has 0 aromatic heterocycles. The normalized spacial score (nSPS) is 11.2. The van der Waals surface area contributed by atoms with Crippen LogP contribution in [0.4, 0.5) is 5.69 Å². The lowest BCUT2D eigenvalue weighted by Gasteiger charge is -2.25. The minimum atomic E-state index is -3.44. The number of nitrogens with one attached hydrogen (secondary N) is 1. The molecule has 0 unspecified atom stereocenters. The Balaban J connectivity index is 2.11. The van der Waals surface area contributed by atoms with Crippen LogP contribution in [0.15, 0.2) is 42.5 Å². The largest absolute Gasteiger partial charge is 0.350 e. The summed E-state index contributed by atoms with van der Waals surface area (Å²) >= 11 is 0. The van der Waals surface area contributed by atoms with Crippen LogP contribution in [-0.4, -0.2) is 33.7 Å². The fourth-order valence-electron chi connectivity index (χ4n) is 2.77. The fraction of sp³-hybridized carbons (Fsp3) is 0.350. The molecule has 0 fully saturated rings. The van der Waals surface area contributed by atoms with Gasteiger partial charge in [-0.2, -0.15) is 0 Å². The van der Waals surface area contributed by atoms with E-state index in [4.69, 9.17) is 0 Å². The van der Waals surface area contributed by atoms with Crippen molar-refractivity contribution in [3.05, 3.63) is 64.7 Å². The van der Waals surface area contributed by atoms with E-state index in [0.29, 0.717) is 11.3 Å². The van der Waals surface area contributed by atoms with E-state index >= 15 is 0 Å². The van der Waals surface area contributed by atoms with E-state index in [1.54, 1.807) is 12.1 Å².